The van der Waals surface area contributed by atoms with Crippen molar-refractivity contribution in [2.75, 3.05) is 17.1 Å². The molecule has 2 aromatic rings. The molecule has 0 aliphatic heterocycles. The molecule has 0 fully saturated rings. The first-order chi connectivity index (χ1) is 13.0. The van der Waals surface area contributed by atoms with E-state index in [-0.39, 0.29) is 26.8 Å². The number of benzene rings is 2. The van der Waals surface area contributed by atoms with E-state index in [9.17, 15) is 13.2 Å². The predicted molar refractivity (Wildman–Crippen MR) is 116 cm³/mol. The van der Waals surface area contributed by atoms with Gasteiger partial charge in [0, 0.05) is 0 Å². The summed E-state index contributed by atoms with van der Waals surface area (Å²) in [5, 5.41) is 3.29. The molecule has 0 saturated carbocycles. The number of amides is 1. The standard InChI is InChI=1S/C19H21Cl3N2O3S/c1-4-17(13-7-5-12(2)6-8-13)23-19(25)11-24(28(3,26)27)18-10-15(21)14(20)9-16(18)22/h5-10,17H,4,11H2,1-3H3,(H,23,25)/t17-/m0/s1. The predicted octanol–water partition coefficient (Wildman–Crippen LogP) is 4.99. The van der Waals surface area contributed by atoms with E-state index >= 15 is 0 Å². The lowest BCUT2D eigenvalue weighted by atomic mass is 10.0. The SMILES string of the molecule is CC[C@H](NC(=O)CN(c1cc(Cl)c(Cl)cc1Cl)S(C)(=O)=O)c1ccc(C)cc1. The number of aryl methyl sites for hydroxylation is 1. The summed E-state index contributed by atoms with van der Waals surface area (Å²) in [4.78, 5) is 12.6. The second-order valence-corrected chi connectivity index (χ2v) is 9.55. The maximum atomic E-state index is 12.6. The minimum Gasteiger partial charge on any atom is -0.348 e. The molecule has 0 aromatic heterocycles. The third kappa shape index (κ3) is 5.77. The van der Waals surface area contributed by atoms with Gasteiger partial charge in [-0.25, -0.2) is 8.42 Å². The molecule has 0 bridgehead atoms. The summed E-state index contributed by atoms with van der Waals surface area (Å²) in [5.74, 6) is -0.458. The van der Waals surface area contributed by atoms with Crippen molar-refractivity contribution in [3.8, 4) is 0 Å². The third-order valence-corrected chi connectivity index (χ3v) is 6.32. The Morgan fingerprint density at radius 2 is 1.64 bits per heavy atom. The minimum absolute atomic E-state index is 0.0817. The number of carbonyl (C=O) groups excluding carboxylic acids is 1. The topological polar surface area (TPSA) is 66.5 Å². The molecular formula is C19H21Cl3N2O3S. The van der Waals surface area contributed by atoms with Crippen molar-refractivity contribution >= 4 is 56.4 Å². The van der Waals surface area contributed by atoms with Crippen molar-refractivity contribution < 1.29 is 13.2 Å². The lowest BCUT2D eigenvalue weighted by Gasteiger charge is -2.25. The lowest BCUT2D eigenvalue weighted by molar-refractivity contribution is -0.120. The van der Waals surface area contributed by atoms with Crippen molar-refractivity contribution in [3.63, 3.8) is 0 Å². The fourth-order valence-electron chi connectivity index (χ4n) is 2.67. The van der Waals surface area contributed by atoms with Crippen LogP contribution in [0.1, 0.15) is 30.5 Å². The Labute approximate surface area is 180 Å². The van der Waals surface area contributed by atoms with Crippen LogP contribution in [0.15, 0.2) is 36.4 Å². The van der Waals surface area contributed by atoms with Gasteiger partial charge in [0.1, 0.15) is 6.54 Å². The second-order valence-electron chi connectivity index (χ2n) is 6.43. The lowest BCUT2D eigenvalue weighted by Crippen LogP contribution is -2.41. The molecule has 2 aromatic carbocycles. The van der Waals surface area contributed by atoms with Gasteiger partial charge in [-0.3, -0.25) is 9.10 Å². The molecule has 1 amide bonds. The number of hydrogen-bond acceptors (Lipinski definition) is 3. The smallest absolute Gasteiger partial charge is 0.241 e. The molecule has 1 atom stereocenters. The highest BCUT2D eigenvalue weighted by molar-refractivity contribution is 7.92. The monoisotopic (exact) mass is 462 g/mol. The van der Waals surface area contributed by atoms with E-state index < -0.39 is 22.5 Å². The number of rotatable bonds is 7. The van der Waals surface area contributed by atoms with Crippen LogP contribution in [0.4, 0.5) is 5.69 Å². The molecule has 28 heavy (non-hydrogen) atoms. The zero-order chi connectivity index (χ0) is 21.1. The molecule has 9 heteroatoms. The van der Waals surface area contributed by atoms with Crippen LogP contribution in [-0.4, -0.2) is 27.1 Å². The number of carbonyl (C=O) groups is 1. The van der Waals surface area contributed by atoms with Gasteiger partial charge in [0.05, 0.1) is 33.1 Å². The highest BCUT2D eigenvalue weighted by Gasteiger charge is 2.25. The average molecular weight is 464 g/mol. The van der Waals surface area contributed by atoms with Crippen LogP contribution in [0, 0.1) is 6.92 Å². The van der Waals surface area contributed by atoms with Crippen LogP contribution in [0.3, 0.4) is 0 Å². The van der Waals surface area contributed by atoms with E-state index in [0.29, 0.717) is 6.42 Å². The van der Waals surface area contributed by atoms with Crippen molar-refractivity contribution in [3.05, 3.63) is 62.6 Å². The molecule has 0 radical (unpaired) electrons. The maximum absolute atomic E-state index is 12.6. The number of sulfonamides is 1. The zero-order valence-corrected chi connectivity index (χ0v) is 18.8. The van der Waals surface area contributed by atoms with Gasteiger partial charge < -0.3 is 5.32 Å². The van der Waals surface area contributed by atoms with Gasteiger partial charge in [-0.1, -0.05) is 71.6 Å². The number of nitrogens with one attached hydrogen (secondary N) is 1. The summed E-state index contributed by atoms with van der Waals surface area (Å²) in [7, 11) is -3.79. The van der Waals surface area contributed by atoms with Crippen molar-refractivity contribution in [1.82, 2.24) is 5.32 Å². The fourth-order valence-corrected chi connectivity index (χ4v) is 4.23. The number of halogens is 3. The Bertz CT molecular complexity index is 963. The van der Waals surface area contributed by atoms with E-state index in [1.165, 1.54) is 12.1 Å². The first-order valence-corrected chi connectivity index (χ1v) is 11.5. The molecule has 0 spiro atoms. The van der Waals surface area contributed by atoms with Gasteiger partial charge >= 0.3 is 0 Å². The van der Waals surface area contributed by atoms with E-state index in [4.69, 9.17) is 34.8 Å². The molecule has 152 valence electrons. The maximum Gasteiger partial charge on any atom is 0.241 e. The summed E-state index contributed by atoms with van der Waals surface area (Å²) in [6, 6.07) is 10.2. The Balaban J connectivity index is 2.26. The quantitative estimate of drug-likeness (QED) is 0.588. The van der Waals surface area contributed by atoms with Crippen LogP contribution in [-0.2, 0) is 14.8 Å². The molecule has 1 N–H and O–H groups in total. The zero-order valence-electron chi connectivity index (χ0n) is 15.7. The van der Waals surface area contributed by atoms with Gasteiger partial charge in [0.15, 0.2) is 0 Å². The Kier molecular flexibility index (Phi) is 7.62. The first kappa shape index (κ1) is 22.8. The van der Waals surface area contributed by atoms with Gasteiger partial charge in [-0.15, -0.1) is 0 Å². The van der Waals surface area contributed by atoms with Crippen molar-refractivity contribution in [2.45, 2.75) is 26.3 Å². The summed E-state index contributed by atoms with van der Waals surface area (Å²) in [6.45, 7) is 3.49. The summed E-state index contributed by atoms with van der Waals surface area (Å²) in [6.07, 6.45) is 1.65. The molecule has 0 unspecified atom stereocenters. The molecule has 5 nitrogen and oxygen atoms in total. The highest BCUT2D eigenvalue weighted by Crippen LogP contribution is 2.35. The third-order valence-electron chi connectivity index (χ3n) is 4.17. The Morgan fingerprint density at radius 1 is 1.07 bits per heavy atom. The normalized spacial score (nSPS) is 12.5. The largest absolute Gasteiger partial charge is 0.348 e. The molecule has 2 rings (SSSR count). The van der Waals surface area contributed by atoms with Crippen LogP contribution in [0.2, 0.25) is 15.1 Å². The second kappa shape index (κ2) is 9.35. The average Bonchev–Trinajstić information content (AvgIpc) is 2.61. The molecule has 0 saturated heterocycles. The highest BCUT2D eigenvalue weighted by atomic mass is 35.5. The first-order valence-electron chi connectivity index (χ1n) is 8.51. The van der Waals surface area contributed by atoms with Crippen LogP contribution < -0.4 is 9.62 Å². The van der Waals surface area contributed by atoms with E-state index in [1.54, 1.807) is 0 Å². The van der Waals surface area contributed by atoms with E-state index in [1.807, 2.05) is 38.1 Å². The van der Waals surface area contributed by atoms with Crippen LogP contribution in [0.25, 0.3) is 0 Å². The van der Waals surface area contributed by atoms with Gasteiger partial charge in [-0.2, -0.15) is 0 Å². The molecule has 0 aliphatic rings. The van der Waals surface area contributed by atoms with Gasteiger partial charge in [0.25, 0.3) is 0 Å². The van der Waals surface area contributed by atoms with Crippen molar-refractivity contribution in [2.24, 2.45) is 0 Å². The molecule has 0 heterocycles. The number of nitrogens with zero attached hydrogens (tertiary/aromatic N) is 1. The van der Waals surface area contributed by atoms with Crippen LogP contribution in [0.5, 0.6) is 0 Å². The summed E-state index contributed by atoms with van der Waals surface area (Å²) in [5.41, 5.74) is 2.15. The molecular weight excluding hydrogens is 443 g/mol. The van der Waals surface area contributed by atoms with Crippen LogP contribution >= 0.6 is 34.8 Å². The molecule has 0 aliphatic carbocycles. The van der Waals surface area contributed by atoms with Crippen molar-refractivity contribution in [1.29, 1.82) is 0 Å². The van der Waals surface area contributed by atoms with E-state index in [2.05, 4.69) is 5.32 Å². The number of anilines is 1. The van der Waals surface area contributed by atoms with Gasteiger partial charge in [-0.05, 0) is 31.0 Å². The van der Waals surface area contributed by atoms with Gasteiger partial charge in [0.2, 0.25) is 15.9 Å². The Hall–Kier alpha value is -1.47. The fraction of sp³-hybridized carbons (Fsp3) is 0.316. The van der Waals surface area contributed by atoms with E-state index in [0.717, 1.165) is 21.7 Å². The Morgan fingerprint density at radius 3 is 2.18 bits per heavy atom. The minimum atomic E-state index is -3.79. The summed E-state index contributed by atoms with van der Waals surface area (Å²) >= 11 is 18.1. The summed E-state index contributed by atoms with van der Waals surface area (Å²) < 4.78 is 25.5. The number of hydrogen-bond donors (Lipinski definition) is 1.